The van der Waals surface area contributed by atoms with Crippen LogP contribution in [-0.4, -0.2) is 71.3 Å². The van der Waals surface area contributed by atoms with Gasteiger partial charge in [0, 0.05) is 50.4 Å². The van der Waals surface area contributed by atoms with Gasteiger partial charge >= 0.3 is 0 Å². The fourth-order valence-electron chi connectivity index (χ4n) is 6.32. The number of aryl methyl sites for hydroxylation is 1. The van der Waals surface area contributed by atoms with Crippen LogP contribution in [0.4, 0.5) is 11.4 Å². The van der Waals surface area contributed by atoms with Crippen molar-refractivity contribution in [2.24, 2.45) is 5.92 Å². The molecule has 0 saturated carbocycles. The van der Waals surface area contributed by atoms with Crippen molar-refractivity contribution in [2.45, 2.75) is 32.7 Å². The van der Waals surface area contributed by atoms with Crippen molar-refractivity contribution in [2.75, 3.05) is 64.4 Å². The van der Waals surface area contributed by atoms with Gasteiger partial charge in [-0.15, -0.1) is 0 Å². The van der Waals surface area contributed by atoms with E-state index in [4.69, 9.17) is 18.9 Å². The van der Waals surface area contributed by atoms with Crippen LogP contribution in [0.5, 0.6) is 23.0 Å². The lowest BCUT2D eigenvalue weighted by Crippen LogP contribution is -2.54. The average molecular weight is 588 g/mol. The molecule has 0 aromatic heterocycles. The number of amides is 2. The smallest absolute Gasteiger partial charge is 0.228 e. The Morgan fingerprint density at radius 2 is 1.47 bits per heavy atom. The minimum Gasteiger partial charge on any atom is -0.497 e. The highest BCUT2D eigenvalue weighted by atomic mass is 16.5. The summed E-state index contributed by atoms with van der Waals surface area (Å²) in [4.78, 5) is 34.1. The van der Waals surface area contributed by atoms with Crippen LogP contribution < -0.4 is 28.7 Å². The van der Waals surface area contributed by atoms with Gasteiger partial charge in [0.2, 0.25) is 17.6 Å². The van der Waals surface area contributed by atoms with E-state index >= 15 is 0 Å². The lowest BCUT2D eigenvalue weighted by atomic mass is 9.82. The number of piperazine rings is 1. The van der Waals surface area contributed by atoms with Gasteiger partial charge < -0.3 is 33.6 Å². The van der Waals surface area contributed by atoms with Crippen LogP contribution in [0, 0.1) is 19.8 Å². The van der Waals surface area contributed by atoms with E-state index in [0.29, 0.717) is 48.2 Å². The number of nitrogens with zero attached hydrogens (tertiary/aromatic N) is 3. The molecule has 0 bridgehead atoms. The summed E-state index contributed by atoms with van der Waals surface area (Å²) in [6.07, 6.45) is 0.717. The number of ether oxygens (including phenoxy) is 4. The summed E-state index contributed by atoms with van der Waals surface area (Å²) in [5.74, 6) is 1.58. The van der Waals surface area contributed by atoms with Crippen molar-refractivity contribution in [3.63, 3.8) is 0 Å². The van der Waals surface area contributed by atoms with Gasteiger partial charge in [0.25, 0.3) is 0 Å². The first-order valence-electron chi connectivity index (χ1n) is 14.7. The zero-order valence-electron chi connectivity index (χ0n) is 25.9. The predicted molar refractivity (Wildman–Crippen MR) is 167 cm³/mol. The molecule has 0 N–H and O–H groups in total. The number of hydrogen-bond donors (Lipinski definition) is 0. The number of anilines is 2. The molecule has 2 aliphatic rings. The second-order valence-electron chi connectivity index (χ2n) is 11.0. The van der Waals surface area contributed by atoms with Gasteiger partial charge in [-0.05, 0) is 55.2 Å². The van der Waals surface area contributed by atoms with Crippen LogP contribution in [0.25, 0.3) is 0 Å². The van der Waals surface area contributed by atoms with Crippen LogP contribution in [0.3, 0.4) is 0 Å². The maximum absolute atomic E-state index is 14.3. The van der Waals surface area contributed by atoms with Gasteiger partial charge in [-0.25, -0.2) is 0 Å². The summed E-state index contributed by atoms with van der Waals surface area (Å²) in [6.45, 7) is 7.03. The fraction of sp³-hybridized carbons (Fsp3) is 0.412. The predicted octanol–water partition coefficient (Wildman–Crippen LogP) is 5.17. The van der Waals surface area contributed by atoms with E-state index in [0.717, 1.165) is 18.7 Å². The molecule has 228 valence electrons. The van der Waals surface area contributed by atoms with Gasteiger partial charge in [-0.2, -0.15) is 0 Å². The lowest BCUT2D eigenvalue weighted by molar-refractivity contribution is -0.138. The fourth-order valence-corrected chi connectivity index (χ4v) is 6.32. The molecule has 9 heteroatoms. The molecule has 0 radical (unpaired) electrons. The third kappa shape index (κ3) is 5.81. The molecule has 0 aliphatic carbocycles. The van der Waals surface area contributed by atoms with Crippen molar-refractivity contribution in [3.8, 4) is 23.0 Å². The number of carbonyl (C=O) groups is 2. The van der Waals surface area contributed by atoms with Gasteiger partial charge in [-0.3, -0.25) is 9.59 Å². The number of benzene rings is 3. The van der Waals surface area contributed by atoms with E-state index in [1.807, 2.05) is 29.2 Å². The molecule has 2 aliphatic heterocycles. The largest absolute Gasteiger partial charge is 0.497 e. The Morgan fingerprint density at radius 1 is 0.814 bits per heavy atom. The minimum atomic E-state index is -0.528. The summed E-state index contributed by atoms with van der Waals surface area (Å²) in [7, 11) is 6.25. The normalized spacial score (nSPS) is 18.8. The van der Waals surface area contributed by atoms with Crippen LogP contribution in [0.2, 0.25) is 0 Å². The second kappa shape index (κ2) is 12.9. The summed E-state index contributed by atoms with van der Waals surface area (Å²) in [5.41, 5.74) is 5.19. The number of carbonyl (C=O) groups excluding carboxylic acids is 2. The molecule has 0 unspecified atom stereocenters. The molecule has 2 fully saturated rings. The first-order chi connectivity index (χ1) is 20.8. The van der Waals surface area contributed by atoms with Crippen LogP contribution in [0.1, 0.15) is 35.6 Å². The molecule has 43 heavy (non-hydrogen) atoms. The first kappa shape index (κ1) is 30.1. The zero-order chi connectivity index (χ0) is 30.7. The molecule has 2 atom stereocenters. The highest BCUT2D eigenvalue weighted by Crippen LogP contribution is 2.46. The molecular weight excluding hydrogens is 546 g/mol. The van der Waals surface area contributed by atoms with Crippen molar-refractivity contribution in [1.29, 1.82) is 0 Å². The molecule has 2 heterocycles. The highest BCUT2D eigenvalue weighted by molar-refractivity contribution is 5.98. The van der Waals surface area contributed by atoms with E-state index in [1.165, 1.54) is 16.8 Å². The molecule has 9 nitrogen and oxygen atoms in total. The SMILES string of the molecule is COc1ccc([C@H]2[C@H](C(=O)N3CCN(c4cccc(C)c4C)CC3)CCC(=O)N2c2cc(OC)c(OC)c(OC)c2)cc1. The first-order valence-corrected chi connectivity index (χ1v) is 14.7. The number of methoxy groups -OCH3 is 4. The van der Waals surface area contributed by atoms with Crippen molar-refractivity contribution in [3.05, 3.63) is 71.3 Å². The monoisotopic (exact) mass is 587 g/mol. The number of rotatable bonds is 8. The third-order valence-corrected chi connectivity index (χ3v) is 8.81. The Hall–Kier alpha value is -4.40. The van der Waals surface area contributed by atoms with Gasteiger partial charge in [0.15, 0.2) is 11.5 Å². The Kier molecular flexibility index (Phi) is 8.99. The highest BCUT2D eigenvalue weighted by Gasteiger charge is 2.44. The average Bonchev–Trinajstić information content (AvgIpc) is 3.05. The van der Waals surface area contributed by atoms with Gasteiger partial charge in [0.1, 0.15) is 5.75 Å². The maximum atomic E-state index is 14.3. The van der Waals surface area contributed by atoms with E-state index in [-0.39, 0.29) is 18.2 Å². The van der Waals surface area contributed by atoms with E-state index in [9.17, 15) is 9.59 Å². The Bertz CT molecular complexity index is 1440. The van der Waals surface area contributed by atoms with Gasteiger partial charge in [0.05, 0.1) is 46.1 Å². The summed E-state index contributed by atoms with van der Waals surface area (Å²) < 4.78 is 22.1. The molecule has 2 saturated heterocycles. The van der Waals surface area contributed by atoms with Crippen LogP contribution in [-0.2, 0) is 9.59 Å². The quantitative estimate of drug-likeness (QED) is 0.360. The number of hydrogen-bond acceptors (Lipinski definition) is 7. The summed E-state index contributed by atoms with van der Waals surface area (Å²) in [5, 5.41) is 0. The zero-order valence-corrected chi connectivity index (χ0v) is 25.9. The summed E-state index contributed by atoms with van der Waals surface area (Å²) >= 11 is 0. The minimum absolute atomic E-state index is 0.0615. The van der Waals surface area contributed by atoms with Crippen molar-refractivity contribution >= 4 is 23.2 Å². The Labute approximate surface area is 253 Å². The third-order valence-electron chi connectivity index (χ3n) is 8.81. The molecule has 3 aromatic rings. The van der Waals surface area contributed by atoms with Crippen molar-refractivity contribution in [1.82, 2.24) is 4.90 Å². The number of piperidine rings is 1. The molecular formula is C34H41N3O6. The standard InChI is InChI=1S/C34H41N3O6/c1-22-8-7-9-28(23(22)2)35-16-18-36(19-17-35)34(39)27-14-15-31(38)37(32(27)24-10-12-26(40-3)13-11-24)25-20-29(41-4)33(43-6)30(21-25)42-5/h7-13,20-21,27,32H,14-19H2,1-6H3/t27-,32+/m1/s1. The second-order valence-corrected chi connectivity index (χ2v) is 11.0. The molecule has 5 rings (SSSR count). The van der Waals surface area contributed by atoms with Crippen LogP contribution in [0.15, 0.2) is 54.6 Å². The molecule has 3 aromatic carbocycles. The van der Waals surface area contributed by atoms with Crippen LogP contribution >= 0.6 is 0 Å². The van der Waals surface area contributed by atoms with E-state index < -0.39 is 12.0 Å². The summed E-state index contributed by atoms with van der Waals surface area (Å²) in [6, 6.07) is 17.0. The van der Waals surface area contributed by atoms with Crippen molar-refractivity contribution < 1.29 is 28.5 Å². The molecule has 0 spiro atoms. The maximum Gasteiger partial charge on any atom is 0.228 e. The topological polar surface area (TPSA) is 80.8 Å². The Morgan fingerprint density at radius 3 is 2.05 bits per heavy atom. The van der Waals surface area contributed by atoms with E-state index in [2.05, 4.69) is 36.9 Å². The Balaban J connectivity index is 1.49. The lowest BCUT2D eigenvalue weighted by Gasteiger charge is -2.44. The molecule has 2 amide bonds. The van der Waals surface area contributed by atoms with E-state index in [1.54, 1.807) is 45.5 Å². The van der Waals surface area contributed by atoms with Gasteiger partial charge in [-0.1, -0.05) is 24.3 Å².